The zero-order valence-corrected chi connectivity index (χ0v) is 14.0. The summed E-state index contributed by atoms with van der Waals surface area (Å²) in [5, 5.41) is 0. The van der Waals surface area contributed by atoms with Gasteiger partial charge in [0.15, 0.2) is 0 Å². The number of carbonyl (C=O) groups excluding carboxylic acids is 1. The average Bonchev–Trinajstić information content (AvgIpc) is 2.54. The molecule has 0 heterocycles. The molecule has 2 aromatic carbocycles. The molecule has 6 heteroatoms. The molecule has 5 nitrogen and oxygen atoms in total. The highest BCUT2D eigenvalue weighted by Crippen LogP contribution is 2.23. The summed E-state index contributed by atoms with van der Waals surface area (Å²) >= 11 is 0. The predicted molar refractivity (Wildman–Crippen MR) is 86.1 cm³/mol. The molecule has 0 aliphatic heterocycles. The molecule has 122 valence electrons. The van der Waals surface area contributed by atoms with E-state index >= 15 is 0 Å². The lowest BCUT2D eigenvalue weighted by Gasteiger charge is -2.10. The fraction of sp³-hybridized carbons (Fsp3) is 0.235. The highest BCUT2D eigenvalue weighted by molar-refractivity contribution is 7.87. The van der Waals surface area contributed by atoms with E-state index < -0.39 is 16.1 Å². The Kier molecular flexibility index (Phi) is 5.05. The number of hydrogen-bond acceptors (Lipinski definition) is 5. The molecule has 23 heavy (non-hydrogen) atoms. The van der Waals surface area contributed by atoms with E-state index in [1.807, 2.05) is 19.9 Å². The fourth-order valence-electron chi connectivity index (χ4n) is 1.98. The molecule has 0 aliphatic carbocycles. The van der Waals surface area contributed by atoms with E-state index in [0.29, 0.717) is 0 Å². The van der Waals surface area contributed by atoms with Crippen LogP contribution in [0.3, 0.4) is 0 Å². The number of benzene rings is 2. The van der Waals surface area contributed by atoms with E-state index in [1.165, 1.54) is 31.4 Å². The number of esters is 1. The molecule has 0 fully saturated rings. The maximum Gasteiger partial charge on any atom is 0.339 e. The molecule has 0 radical (unpaired) electrons. The van der Waals surface area contributed by atoms with E-state index in [4.69, 9.17) is 4.18 Å². The van der Waals surface area contributed by atoms with Gasteiger partial charge in [0.1, 0.15) is 10.6 Å². The normalized spacial score (nSPS) is 11.3. The molecule has 0 spiro atoms. The van der Waals surface area contributed by atoms with E-state index in [9.17, 15) is 13.2 Å². The second-order valence-corrected chi connectivity index (χ2v) is 6.83. The first-order valence-electron chi connectivity index (χ1n) is 7.06. The quantitative estimate of drug-likeness (QED) is 0.619. The van der Waals surface area contributed by atoms with Crippen LogP contribution in [-0.2, 0) is 14.9 Å². The van der Waals surface area contributed by atoms with Gasteiger partial charge in [-0.15, -0.1) is 0 Å². The van der Waals surface area contributed by atoms with Crippen LogP contribution >= 0.6 is 0 Å². The smallest absolute Gasteiger partial charge is 0.339 e. The summed E-state index contributed by atoms with van der Waals surface area (Å²) in [6.07, 6.45) is 0. The van der Waals surface area contributed by atoms with E-state index in [1.54, 1.807) is 18.2 Å². The van der Waals surface area contributed by atoms with Crippen molar-refractivity contribution < 1.29 is 22.1 Å². The van der Waals surface area contributed by atoms with Gasteiger partial charge in [-0.3, -0.25) is 0 Å². The van der Waals surface area contributed by atoms with Crippen molar-refractivity contribution in [1.29, 1.82) is 0 Å². The van der Waals surface area contributed by atoms with Crippen LogP contribution in [0.1, 0.15) is 35.7 Å². The second-order valence-electron chi connectivity index (χ2n) is 5.28. The Morgan fingerprint density at radius 3 is 2.26 bits per heavy atom. The highest BCUT2D eigenvalue weighted by Gasteiger charge is 2.18. The molecule has 0 amide bonds. The summed E-state index contributed by atoms with van der Waals surface area (Å²) in [6.45, 7) is 4.03. The van der Waals surface area contributed by atoms with E-state index in [-0.39, 0.29) is 22.1 Å². The van der Waals surface area contributed by atoms with Crippen LogP contribution in [-0.4, -0.2) is 21.5 Å². The number of methoxy groups -OCH3 is 1. The molecule has 0 bridgehead atoms. The van der Waals surface area contributed by atoms with Crippen molar-refractivity contribution in [2.45, 2.75) is 24.7 Å². The van der Waals surface area contributed by atoms with Crippen molar-refractivity contribution in [3.8, 4) is 5.75 Å². The molecule has 0 aliphatic rings. The van der Waals surface area contributed by atoms with Crippen LogP contribution in [0.4, 0.5) is 0 Å². The second kappa shape index (κ2) is 6.83. The molecule has 0 saturated carbocycles. The summed E-state index contributed by atoms with van der Waals surface area (Å²) in [6, 6.07) is 12.3. The fourth-order valence-corrected chi connectivity index (χ4v) is 2.90. The number of ether oxygens (including phenoxy) is 1. The summed E-state index contributed by atoms with van der Waals surface area (Å²) in [5.74, 6) is -0.00617. The monoisotopic (exact) mass is 334 g/mol. The van der Waals surface area contributed by atoms with Gasteiger partial charge in [0.25, 0.3) is 0 Å². The zero-order valence-electron chi connectivity index (χ0n) is 13.1. The van der Waals surface area contributed by atoms with Gasteiger partial charge in [0.2, 0.25) is 0 Å². The van der Waals surface area contributed by atoms with Crippen LogP contribution in [0.25, 0.3) is 0 Å². The Labute approximate surface area is 136 Å². The largest absolute Gasteiger partial charge is 0.465 e. The molecule has 2 aromatic rings. The minimum atomic E-state index is -3.96. The molecule has 0 saturated heterocycles. The summed E-state index contributed by atoms with van der Waals surface area (Å²) in [5.41, 5.74) is 1.26. The third kappa shape index (κ3) is 4.10. The molecule has 0 N–H and O–H groups in total. The highest BCUT2D eigenvalue weighted by atomic mass is 32.2. The standard InChI is InChI=1S/C17H18O5S/c1-12(2)14-5-4-6-15(11-14)22-23(19,20)16-9-7-13(8-10-16)17(18)21-3/h4-12H,1-3H3. The number of hydrogen-bond donors (Lipinski definition) is 0. The Morgan fingerprint density at radius 1 is 1.04 bits per heavy atom. The van der Waals surface area contributed by atoms with Crippen LogP contribution in [0, 0.1) is 0 Å². The van der Waals surface area contributed by atoms with Gasteiger partial charge in [-0.1, -0.05) is 26.0 Å². The molecule has 0 aromatic heterocycles. The number of carbonyl (C=O) groups is 1. The lowest BCUT2D eigenvalue weighted by atomic mass is 10.0. The average molecular weight is 334 g/mol. The SMILES string of the molecule is COC(=O)c1ccc(S(=O)(=O)Oc2cccc(C(C)C)c2)cc1. The Bertz CT molecular complexity index is 792. The minimum absolute atomic E-state index is 0.0277. The van der Waals surface area contributed by atoms with Crippen LogP contribution < -0.4 is 4.18 Å². The van der Waals surface area contributed by atoms with Crippen LogP contribution in [0.2, 0.25) is 0 Å². The van der Waals surface area contributed by atoms with Crippen molar-refractivity contribution in [2.24, 2.45) is 0 Å². The molecule has 2 rings (SSSR count). The Balaban J connectivity index is 2.25. The van der Waals surface area contributed by atoms with Crippen LogP contribution in [0.5, 0.6) is 5.75 Å². The maximum absolute atomic E-state index is 12.3. The lowest BCUT2D eigenvalue weighted by molar-refractivity contribution is 0.0600. The van der Waals surface area contributed by atoms with Crippen molar-refractivity contribution >= 4 is 16.1 Å². The number of rotatable bonds is 5. The molecule has 0 unspecified atom stereocenters. The summed E-state index contributed by atoms with van der Waals surface area (Å²) in [7, 11) is -2.70. The minimum Gasteiger partial charge on any atom is -0.465 e. The molecular formula is C17H18O5S. The predicted octanol–water partition coefficient (Wildman–Crippen LogP) is 3.36. The van der Waals surface area contributed by atoms with Gasteiger partial charge >= 0.3 is 16.1 Å². The Hall–Kier alpha value is -2.34. The first kappa shape index (κ1) is 17.0. The van der Waals surface area contributed by atoms with Gasteiger partial charge in [0, 0.05) is 0 Å². The van der Waals surface area contributed by atoms with Crippen LogP contribution in [0.15, 0.2) is 53.4 Å². The third-order valence-electron chi connectivity index (χ3n) is 3.29. The van der Waals surface area contributed by atoms with Crippen molar-refractivity contribution in [2.75, 3.05) is 7.11 Å². The van der Waals surface area contributed by atoms with Gasteiger partial charge in [0.05, 0.1) is 12.7 Å². The maximum atomic E-state index is 12.3. The first-order chi connectivity index (χ1) is 10.8. The first-order valence-corrected chi connectivity index (χ1v) is 8.47. The lowest BCUT2D eigenvalue weighted by Crippen LogP contribution is -2.10. The van der Waals surface area contributed by atoms with E-state index in [0.717, 1.165) is 5.56 Å². The summed E-state index contributed by atoms with van der Waals surface area (Å²) < 4.78 is 34.3. The van der Waals surface area contributed by atoms with Gasteiger partial charge in [-0.2, -0.15) is 8.42 Å². The van der Waals surface area contributed by atoms with Gasteiger partial charge < -0.3 is 8.92 Å². The van der Waals surface area contributed by atoms with Crippen molar-refractivity contribution in [3.63, 3.8) is 0 Å². The Morgan fingerprint density at radius 2 is 1.70 bits per heavy atom. The molecule has 0 atom stereocenters. The topological polar surface area (TPSA) is 69.7 Å². The van der Waals surface area contributed by atoms with Gasteiger partial charge in [-0.05, 0) is 47.9 Å². The van der Waals surface area contributed by atoms with Crippen molar-refractivity contribution in [3.05, 3.63) is 59.7 Å². The summed E-state index contributed by atoms with van der Waals surface area (Å²) in [4.78, 5) is 11.3. The zero-order chi connectivity index (χ0) is 17.0. The third-order valence-corrected chi connectivity index (χ3v) is 4.56. The molecular weight excluding hydrogens is 316 g/mol. The van der Waals surface area contributed by atoms with Gasteiger partial charge in [-0.25, -0.2) is 4.79 Å². The van der Waals surface area contributed by atoms with Crippen molar-refractivity contribution in [1.82, 2.24) is 0 Å². The van der Waals surface area contributed by atoms with E-state index in [2.05, 4.69) is 4.74 Å².